The normalized spacial score (nSPS) is 11.0. The number of hydrogen-bond donors (Lipinski definition) is 0. The lowest BCUT2D eigenvalue weighted by Gasteiger charge is -2.11. The summed E-state index contributed by atoms with van der Waals surface area (Å²) in [6.45, 7) is 2.17. The van der Waals surface area contributed by atoms with Gasteiger partial charge >= 0.3 is 5.97 Å². The van der Waals surface area contributed by atoms with Crippen LogP contribution in [0.4, 0.5) is 0 Å². The molecule has 0 N–H and O–H groups in total. The van der Waals surface area contributed by atoms with E-state index in [0.29, 0.717) is 6.61 Å². The van der Waals surface area contributed by atoms with Crippen molar-refractivity contribution in [3.8, 4) is 11.4 Å². The van der Waals surface area contributed by atoms with Gasteiger partial charge in [-0.05, 0) is 36.8 Å². The molecule has 0 aliphatic carbocycles. The molecule has 0 radical (unpaired) electrons. The number of para-hydroxylation sites is 2. The molecule has 0 unspecified atom stereocenters. The molecular weight excluding hydrogens is 324 g/mol. The molecule has 0 atom stereocenters. The standard InChI is InChI=1S/C22H18N2O2/c1-2-26-21(25)14-17-13-16-8-4-6-10-19(16)24-22(17)20-12-11-15-7-3-5-9-18(15)23-20/h3-13H,2,14H2,1H3. The highest BCUT2D eigenvalue weighted by molar-refractivity contribution is 5.87. The Kier molecular flexibility index (Phi) is 4.32. The zero-order chi connectivity index (χ0) is 17.9. The van der Waals surface area contributed by atoms with Gasteiger partial charge in [-0.15, -0.1) is 0 Å². The van der Waals surface area contributed by atoms with E-state index in [1.54, 1.807) is 0 Å². The van der Waals surface area contributed by atoms with Crippen LogP contribution in [0.2, 0.25) is 0 Å². The minimum atomic E-state index is -0.258. The Morgan fingerprint density at radius 3 is 2.35 bits per heavy atom. The zero-order valence-corrected chi connectivity index (χ0v) is 14.5. The van der Waals surface area contributed by atoms with E-state index < -0.39 is 0 Å². The fourth-order valence-electron chi connectivity index (χ4n) is 3.08. The van der Waals surface area contributed by atoms with Crippen molar-refractivity contribution in [2.45, 2.75) is 13.3 Å². The number of nitrogens with zero attached hydrogens (tertiary/aromatic N) is 2. The van der Waals surface area contributed by atoms with Crippen molar-refractivity contribution in [3.05, 3.63) is 72.3 Å². The van der Waals surface area contributed by atoms with Crippen molar-refractivity contribution in [1.29, 1.82) is 0 Å². The maximum Gasteiger partial charge on any atom is 0.310 e. The predicted molar refractivity (Wildman–Crippen MR) is 103 cm³/mol. The summed E-state index contributed by atoms with van der Waals surface area (Å²) < 4.78 is 5.13. The zero-order valence-electron chi connectivity index (χ0n) is 14.5. The quantitative estimate of drug-likeness (QED) is 0.510. The summed E-state index contributed by atoms with van der Waals surface area (Å²) in [5, 5.41) is 2.07. The molecule has 0 saturated heterocycles. The third kappa shape index (κ3) is 3.14. The first kappa shape index (κ1) is 16.2. The highest BCUT2D eigenvalue weighted by atomic mass is 16.5. The van der Waals surface area contributed by atoms with Crippen LogP contribution in [0.1, 0.15) is 12.5 Å². The molecule has 0 saturated carbocycles. The Morgan fingerprint density at radius 1 is 0.885 bits per heavy atom. The largest absolute Gasteiger partial charge is 0.466 e. The van der Waals surface area contributed by atoms with E-state index in [-0.39, 0.29) is 12.4 Å². The molecule has 0 bridgehead atoms. The third-order valence-electron chi connectivity index (χ3n) is 4.28. The Bertz CT molecular complexity index is 1110. The van der Waals surface area contributed by atoms with Gasteiger partial charge in [0.15, 0.2) is 0 Å². The molecule has 4 nitrogen and oxygen atoms in total. The van der Waals surface area contributed by atoms with Crippen molar-refractivity contribution in [2.75, 3.05) is 6.61 Å². The van der Waals surface area contributed by atoms with Crippen LogP contribution in [0, 0.1) is 0 Å². The second-order valence-electron chi connectivity index (χ2n) is 6.06. The van der Waals surface area contributed by atoms with Crippen molar-refractivity contribution < 1.29 is 9.53 Å². The van der Waals surface area contributed by atoms with Crippen LogP contribution in [0.3, 0.4) is 0 Å². The van der Waals surface area contributed by atoms with E-state index in [4.69, 9.17) is 14.7 Å². The summed E-state index contributed by atoms with van der Waals surface area (Å²) in [6.07, 6.45) is 0.176. The van der Waals surface area contributed by atoms with Gasteiger partial charge in [-0.2, -0.15) is 0 Å². The van der Waals surface area contributed by atoms with Crippen LogP contribution in [0.15, 0.2) is 66.7 Å². The number of ether oxygens (including phenoxy) is 1. The van der Waals surface area contributed by atoms with Gasteiger partial charge < -0.3 is 4.74 Å². The van der Waals surface area contributed by atoms with Crippen LogP contribution in [0.25, 0.3) is 33.2 Å². The first-order valence-electron chi connectivity index (χ1n) is 8.65. The Balaban J connectivity index is 1.88. The van der Waals surface area contributed by atoms with Gasteiger partial charge in [0.05, 0.1) is 35.4 Å². The number of carbonyl (C=O) groups excluding carboxylic acids is 1. The van der Waals surface area contributed by atoms with Gasteiger partial charge in [0.25, 0.3) is 0 Å². The number of fused-ring (bicyclic) bond motifs is 2. The van der Waals surface area contributed by atoms with Gasteiger partial charge in [0, 0.05) is 10.8 Å². The molecule has 2 aromatic heterocycles. The molecule has 4 rings (SSSR count). The van der Waals surface area contributed by atoms with Crippen LogP contribution in [-0.2, 0) is 16.0 Å². The van der Waals surface area contributed by atoms with E-state index in [1.165, 1.54) is 0 Å². The molecule has 0 aliphatic rings. The number of benzene rings is 2. The number of aromatic nitrogens is 2. The SMILES string of the molecule is CCOC(=O)Cc1cc2ccccc2nc1-c1ccc2ccccc2n1. The molecule has 0 amide bonds. The number of rotatable bonds is 4. The smallest absolute Gasteiger partial charge is 0.310 e. The summed E-state index contributed by atoms with van der Waals surface area (Å²) >= 11 is 0. The molecular formula is C22H18N2O2. The van der Waals surface area contributed by atoms with Crippen molar-refractivity contribution in [3.63, 3.8) is 0 Å². The van der Waals surface area contributed by atoms with Crippen LogP contribution in [-0.4, -0.2) is 22.5 Å². The van der Waals surface area contributed by atoms with Crippen LogP contribution >= 0.6 is 0 Å². The number of carbonyl (C=O) groups is 1. The predicted octanol–water partition coefficient (Wildman–Crippen LogP) is 4.56. The summed E-state index contributed by atoms with van der Waals surface area (Å²) in [5.74, 6) is -0.258. The maximum absolute atomic E-state index is 12.1. The van der Waals surface area contributed by atoms with Gasteiger partial charge in [-0.3, -0.25) is 4.79 Å². The molecule has 4 aromatic rings. The van der Waals surface area contributed by atoms with Crippen LogP contribution < -0.4 is 0 Å². The fourth-order valence-corrected chi connectivity index (χ4v) is 3.08. The van der Waals surface area contributed by atoms with Crippen LogP contribution in [0.5, 0.6) is 0 Å². The summed E-state index contributed by atoms with van der Waals surface area (Å²) in [6, 6.07) is 21.8. The lowest BCUT2D eigenvalue weighted by molar-refractivity contribution is -0.142. The van der Waals surface area contributed by atoms with E-state index in [0.717, 1.165) is 38.8 Å². The number of hydrogen-bond acceptors (Lipinski definition) is 4. The monoisotopic (exact) mass is 342 g/mol. The Morgan fingerprint density at radius 2 is 1.58 bits per heavy atom. The van der Waals surface area contributed by atoms with Gasteiger partial charge in [0.2, 0.25) is 0 Å². The van der Waals surface area contributed by atoms with Crippen molar-refractivity contribution >= 4 is 27.8 Å². The summed E-state index contributed by atoms with van der Waals surface area (Å²) in [5.41, 5.74) is 4.09. The topological polar surface area (TPSA) is 52.1 Å². The van der Waals surface area contributed by atoms with Gasteiger partial charge in [-0.1, -0.05) is 42.5 Å². The highest BCUT2D eigenvalue weighted by Gasteiger charge is 2.15. The Labute approximate surface area is 151 Å². The fraction of sp³-hybridized carbons (Fsp3) is 0.136. The number of pyridine rings is 2. The average Bonchev–Trinajstić information content (AvgIpc) is 2.67. The summed E-state index contributed by atoms with van der Waals surface area (Å²) in [7, 11) is 0. The van der Waals surface area contributed by atoms with E-state index >= 15 is 0 Å². The average molecular weight is 342 g/mol. The molecule has 2 aromatic carbocycles. The molecule has 26 heavy (non-hydrogen) atoms. The van der Waals surface area contributed by atoms with E-state index in [2.05, 4.69) is 0 Å². The number of esters is 1. The molecule has 4 heteroatoms. The summed E-state index contributed by atoms with van der Waals surface area (Å²) in [4.78, 5) is 21.6. The van der Waals surface area contributed by atoms with E-state index in [1.807, 2.05) is 73.7 Å². The first-order valence-corrected chi connectivity index (χ1v) is 8.65. The van der Waals surface area contributed by atoms with Gasteiger partial charge in [-0.25, -0.2) is 9.97 Å². The molecule has 2 heterocycles. The Hall–Kier alpha value is -3.27. The van der Waals surface area contributed by atoms with Crippen molar-refractivity contribution in [1.82, 2.24) is 9.97 Å². The second-order valence-corrected chi connectivity index (χ2v) is 6.06. The lowest BCUT2D eigenvalue weighted by Crippen LogP contribution is -2.09. The van der Waals surface area contributed by atoms with Gasteiger partial charge in [0.1, 0.15) is 0 Å². The molecule has 0 aliphatic heterocycles. The molecule has 0 spiro atoms. The first-order chi connectivity index (χ1) is 12.7. The maximum atomic E-state index is 12.1. The molecule has 128 valence electrons. The lowest BCUT2D eigenvalue weighted by atomic mass is 10.0. The second kappa shape index (κ2) is 6.92. The van der Waals surface area contributed by atoms with E-state index in [9.17, 15) is 4.79 Å². The molecule has 0 fully saturated rings. The highest BCUT2D eigenvalue weighted by Crippen LogP contribution is 2.27. The van der Waals surface area contributed by atoms with Crippen molar-refractivity contribution in [2.24, 2.45) is 0 Å². The minimum Gasteiger partial charge on any atom is -0.466 e. The third-order valence-corrected chi connectivity index (χ3v) is 4.28. The minimum absolute atomic E-state index is 0.176.